The van der Waals surface area contributed by atoms with Gasteiger partial charge in [0.05, 0.1) is 5.69 Å². The number of nitrogens with one attached hydrogen (secondary N) is 1. The van der Waals surface area contributed by atoms with E-state index in [1.807, 2.05) is 6.07 Å². The van der Waals surface area contributed by atoms with Crippen LogP contribution in [0.4, 0.5) is 10.5 Å². The summed E-state index contributed by atoms with van der Waals surface area (Å²) < 4.78 is 5.20. The number of anilines is 1. The molecule has 1 fully saturated rings. The number of ether oxygens (including phenoxy) is 1. The maximum absolute atomic E-state index is 11.8. The van der Waals surface area contributed by atoms with Crippen LogP contribution in [0.2, 0.25) is 0 Å². The number of nitrogens with two attached hydrogens (primary N) is 1. The van der Waals surface area contributed by atoms with Gasteiger partial charge < -0.3 is 15.6 Å². The average molecular weight is 292 g/mol. The Labute approximate surface area is 125 Å². The number of phenolic OH excluding ortho intramolecular Hbond substituents is 1. The predicted molar refractivity (Wildman–Crippen MR) is 82.5 cm³/mol. The molecule has 0 radical (unpaired) electrons. The van der Waals surface area contributed by atoms with Gasteiger partial charge in [-0.25, -0.2) is 4.79 Å². The van der Waals surface area contributed by atoms with E-state index in [1.54, 1.807) is 32.9 Å². The maximum atomic E-state index is 11.8. The molecule has 1 amide bonds. The molecule has 5 nitrogen and oxygen atoms in total. The van der Waals surface area contributed by atoms with Gasteiger partial charge >= 0.3 is 6.09 Å². The van der Waals surface area contributed by atoms with Crippen molar-refractivity contribution < 1.29 is 14.6 Å². The minimum Gasteiger partial charge on any atom is -0.506 e. The van der Waals surface area contributed by atoms with Gasteiger partial charge in [-0.2, -0.15) is 0 Å². The number of benzene rings is 1. The summed E-state index contributed by atoms with van der Waals surface area (Å²) in [6.07, 6.45) is 2.66. The number of carbonyl (C=O) groups excluding carboxylic acids is 1. The first-order valence-electron chi connectivity index (χ1n) is 7.29. The van der Waals surface area contributed by atoms with E-state index in [0.29, 0.717) is 12.2 Å². The van der Waals surface area contributed by atoms with Crippen LogP contribution in [-0.2, 0) is 10.2 Å². The van der Waals surface area contributed by atoms with Gasteiger partial charge in [0.2, 0.25) is 0 Å². The van der Waals surface area contributed by atoms with Crippen LogP contribution in [0.3, 0.4) is 0 Å². The van der Waals surface area contributed by atoms with Gasteiger partial charge in [0.25, 0.3) is 0 Å². The van der Waals surface area contributed by atoms with Crippen molar-refractivity contribution in [1.29, 1.82) is 0 Å². The molecular formula is C16H24N2O3. The smallest absolute Gasteiger partial charge is 0.412 e. The second-order valence-corrected chi connectivity index (χ2v) is 6.70. The normalized spacial score (nSPS) is 17.0. The molecule has 0 saturated heterocycles. The molecule has 0 aliphatic heterocycles. The van der Waals surface area contributed by atoms with Gasteiger partial charge in [-0.05, 0) is 51.3 Å². The fourth-order valence-electron chi connectivity index (χ4n) is 2.59. The summed E-state index contributed by atoms with van der Waals surface area (Å²) in [4.78, 5) is 11.8. The first-order chi connectivity index (χ1) is 9.76. The molecule has 21 heavy (non-hydrogen) atoms. The third kappa shape index (κ3) is 3.47. The summed E-state index contributed by atoms with van der Waals surface area (Å²) in [7, 11) is 0. The Balaban J connectivity index is 2.18. The molecule has 1 aromatic carbocycles. The Kier molecular flexibility index (Phi) is 4.14. The first-order valence-corrected chi connectivity index (χ1v) is 7.29. The largest absolute Gasteiger partial charge is 0.506 e. The SMILES string of the molecule is CC(C)(C)OC(=O)Nc1cc(C2(CN)CCC2)ccc1O. The summed E-state index contributed by atoms with van der Waals surface area (Å²) in [5, 5.41) is 12.5. The van der Waals surface area contributed by atoms with E-state index < -0.39 is 11.7 Å². The fraction of sp³-hybridized carbons (Fsp3) is 0.562. The maximum Gasteiger partial charge on any atom is 0.412 e. The molecular weight excluding hydrogens is 268 g/mol. The molecule has 0 bridgehead atoms. The standard InChI is InChI=1S/C16H24N2O3/c1-15(2,3)21-14(20)18-12-9-11(5-6-13(12)19)16(10-17)7-4-8-16/h5-6,9,19H,4,7-8,10,17H2,1-3H3,(H,18,20). The number of rotatable bonds is 3. The molecule has 0 heterocycles. The zero-order chi connectivity index (χ0) is 15.7. The highest BCUT2D eigenvalue weighted by molar-refractivity contribution is 5.87. The van der Waals surface area contributed by atoms with Crippen LogP contribution in [0.1, 0.15) is 45.6 Å². The van der Waals surface area contributed by atoms with Crippen molar-refractivity contribution in [1.82, 2.24) is 0 Å². The van der Waals surface area contributed by atoms with Gasteiger partial charge in [0.15, 0.2) is 0 Å². The predicted octanol–water partition coefficient (Wildman–Crippen LogP) is 3.12. The number of hydrogen-bond acceptors (Lipinski definition) is 4. The lowest BCUT2D eigenvalue weighted by atomic mass is 9.64. The van der Waals surface area contributed by atoms with Crippen molar-refractivity contribution in [3.05, 3.63) is 23.8 Å². The van der Waals surface area contributed by atoms with E-state index in [0.717, 1.165) is 24.8 Å². The van der Waals surface area contributed by atoms with Gasteiger partial charge in [0.1, 0.15) is 11.4 Å². The fourth-order valence-corrected chi connectivity index (χ4v) is 2.59. The van der Waals surface area contributed by atoms with Gasteiger partial charge in [-0.3, -0.25) is 5.32 Å². The minimum absolute atomic E-state index is 0.0158. The number of carbonyl (C=O) groups is 1. The van der Waals surface area contributed by atoms with Gasteiger partial charge in [-0.15, -0.1) is 0 Å². The number of aromatic hydroxyl groups is 1. The third-order valence-electron chi connectivity index (χ3n) is 3.95. The molecule has 1 aromatic rings. The van der Waals surface area contributed by atoms with Crippen molar-refractivity contribution in [2.24, 2.45) is 5.73 Å². The quantitative estimate of drug-likeness (QED) is 0.747. The summed E-state index contributed by atoms with van der Waals surface area (Å²) >= 11 is 0. The Morgan fingerprint density at radius 2 is 2.10 bits per heavy atom. The molecule has 0 aromatic heterocycles. The number of amides is 1. The van der Waals surface area contributed by atoms with E-state index in [4.69, 9.17) is 10.5 Å². The Morgan fingerprint density at radius 1 is 1.43 bits per heavy atom. The van der Waals surface area contributed by atoms with Crippen molar-refractivity contribution in [2.45, 2.75) is 51.0 Å². The van der Waals surface area contributed by atoms with E-state index in [-0.39, 0.29) is 11.2 Å². The zero-order valence-corrected chi connectivity index (χ0v) is 12.9. The lowest BCUT2D eigenvalue weighted by molar-refractivity contribution is 0.0635. The van der Waals surface area contributed by atoms with Crippen LogP contribution in [0, 0.1) is 0 Å². The number of phenols is 1. The third-order valence-corrected chi connectivity index (χ3v) is 3.95. The molecule has 0 atom stereocenters. The second-order valence-electron chi connectivity index (χ2n) is 6.70. The molecule has 1 saturated carbocycles. The van der Waals surface area contributed by atoms with Crippen LogP contribution in [0.15, 0.2) is 18.2 Å². The lowest BCUT2D eigenvalue weighted by Crippen LogP contribution is -2.41. The zero-order valence-electron chi connectivity index (χ0n) is 12.9. The Bertz CT molecular complexity index is 525. The van der Waals surface area contributed by atoms with Crippen molar-refractivity contribution >= 4 is 11.8 Å². The van der Waals surface area contributed by atoms with Crippen LogP contribution < -0.4 is 11.1 Å². The summed E-state index contributed by atoms with van der Waals surface area (Å²) in [5.41, 5.74) is 6.72. The van der Waals surface area contributed by atoms with E-state index >= 15 is 0 Å². The van der Waals surface area contributed by atoms with Gasteiger partial charge in [0, 0.05) is 12.0 Å². The second kappa shape index (κ2) is 5.56. The molecule has 1 aliphatic carbocycles. The van der Waals surface area contributed by atoms with Crippen LogP contribution in [-0.4, -0.2) is 23.3 Å². The first kappa shape index (κ1) is 15.6. The molecule has 2 rings (SSSR count). The van der Waals surface area contributed by atoms with Crippen LogP contribution >= 0.6 is 0 Å². The molecule has 0 unspecified atom stereocenters. The van der Waals surface area contributed by atoms with E-state index in [9.17, 15) is 9.90 Å². The van der Waals surface area contributed by atoms with Crippen LogP contribution in [0.25, 0.3) is 0 Å². The highest BCUT2D eigenvalue weighted by atomic mass is 16.6. The Morgan fingerprint density at radius 3 is 2.57 bits per heavy atom. The van der Waals surface area contributed by atoms with Crippen molar-refractivity contribution in [3.63, 3.8) is 0 Å². The Hall–Kier alpha value is -1.75. The summed E-state index contributed by atoms with van der Waals surface area (Å²) in [5.74, 6) is 0.0242. The van der Waals surface area contributed by atoms with Crippen molar-refractivity contribution in [3.8, 4) is 5.75 Å². The van der Waals surface area contributed by atoms with Crippen LogP contribution in [0.5, 0.6) is 5.75 Å². The summed E-state index contributed by atoms with van der Waals surface area (Å²) in [6, 6.07) is 5.27. The van der Waals surface area contributed by atoms with E-state index in [2.05, 4.69) is 5.32 Å². The topological polar surface area (TPSA) is 84.6 Å². The molecule has 1 aliphatic rings. The molecule has 5 heteroatoms. The van der Waals surface area contributed by atoms with E-state index in [1.165, 1.54) is 0 Å². The lowest BCUT2D eigenvalue weighted by Gasteiger charge is -2.41. The van der Waals surface area contributed by atoms with Crippen molar-refractivity contribution in [2.75, 3.05) is 11.9 Å². The summed E-state index contributed by atoms with van der Waals surface area (Å²) in [6.45, 7) is 5.95. The molecule has 0 spiro atoms. The average Bonchev–Trinajstić information content (AvgIpc) is 2.30. The minimum atomic E-state index is -0.580. The number of hydrogen-bond donors (Lipinski definition) is 3. The molecule has 116 valence electrons. The monoisotopic (exact) mass is 292 g/mol. The molecule has 4 N–H and O–H groups in total. The highest BCUT2D eigenvalue weighted by Crippen LogP contribution is 2.44. The highest BCUT2D eigenvalue weighted by Gasteiger charge is 2.37. The van der Waals surface area contributed by atoms with Gasteiger partial charge in [-0.1, -0.05) is 12.5 Å².